The van der Waals surface area contributed by atoms with Crippen molar-refractivity contribution in [2.45, 2.75) is 44.4 Å². The molecule has 1 atom stereocenters. The van der Waals surface area contributed by atoms with Crippen molar-refractivity contribution in [3.63, 3.8) is 0 Å². The number of hydrogen-bond acceptors (Lipinski definition) is 5. The van der Waals surface area contributed by atoms with Gasteiger partial charge in [-0.15, -0.1) is 0 Å². The summed E-state index contributed by atoms with van der Waals surface area (Å²) < 4.78 is 6.79. The molecule has 1 aromatic heterocycles. The molecule has 184 valence electrons. The first-order valence-electron chi connectivity index (χ1n) is 12.3. The summed E-state index contributed by atoms with van der Waals surface area (Å²) in [4.78, 5) is 27.5. The molecule has 0 saturated heterocycles. The summed E-state index contributed by atoms with van der Waals surface area (Å²) in [5.74, 6) is -0.0398. The van der Waals surface area contributed by atoms with Crippen LogP contribution in [0.2, 0.25) is 0 Å². The highest BCUT2D eigenvalue weighted by Crippen LogP contribution is 2.47. The standard InChI is InChI=1S/C28H29N5O3/c1-18(26(30)34)28(14-3-4-15-28)19-5-7-20(8-6-19)32-16-13-23-24(17-29)31-33(25(23)27(32)35)21-9-11-22(36-2)12-10-21/h5-12,18H,3-4,13-16H2,1-2H3,(H2,30,34). The number of primary amides is 1. The Bertz CT molecular complexity index is 1350. The van der Waals surface area contributed by atoms with Crippen molar-refractivity contribution in [3.05, 3.63) is 71.0 Å². The summed E-state index contributed by atoms with van der Waals surface area (Å²) in [7, 11) is 1.59. The molecule has 0 radical (unpaired) electrons. The van der Waals surface area contributed by atoms with Crippen LogP contribution in [0, 0.1) is 17.2 Å². The molecule has 2 amide bonds. The number of nitrogens with zero attached hydrogens (tertiary/aromatic N) is 4. The summed E-state index contributed by atoms with van der Waals surface area (Å²) in [5.41, 5.74) is 9.36. The average molecular weight is 484 g/mol. The molecule has 0 spiro atoms. The van der Waals surface area contributed by atoms with Gasteiger partial charge in [-0.2, -0.15) is 10.4 Å². The molecule has 36 heavy (non-hydrogen) atoms. The normalized spacial score (nSPS) is 17.4. The molecule has 1 aliphatic carbocycles. The maximum atomic E-state index is 13.7. The zero-order valence-electron chi connectivity index (χ0n) is 20.5. The largest absolute Gasteiger partial charge is 0.497 e. The minimum absolute atomic E-state index is 0.199. The van der Waals surface area contributed by atoms with E-state index >= 15 is 0 Å². The molecule has 2 aromatic carbocycles. The second kappa shape index (κ2) is 9.15. The summed E-state index contributed by atoms with van der Waals surface area (Å²) in [6.45, 7) is 2.38. The van der Waals surface area contributed by atoms with Crippen LogP contribution in [-0.4, -0.2) is 35.2 Å². The van der Waals surface area contributed by atoms with Gasteiger partial charge < -0.3 is 15.4 Å². The zero-order valence-corrected chi connectivity index (χ0v) is 20.5. The van der Waals surface area contributed by atoms with Crippen molar-refractivity contribution < 1.29 is 14.3 Å². The van der Waals surface area contributed by atoms with Crippen molar-refractivity contribution in [1.29, 1.82) is 5.26 Å². The van der Waals surface area contributed by atoms with Crippen LogP contribution in [0.3, 0.4) is 0 Å². The van der Waals surface area contributed by atoms with E-state index in [1.54, 1.807) is 28.8 Å². The number of fused-ring (bicyclic) bond motifs is 1. The van der Waals surface area contributed by atoms with Crippen LogP contribution in [0.5, 0.6) is 5.75 Å². The number of benzene rings is 2. The molecule has 8 heteroatoms. The van der Waals surface area contributed by atoms with Crippen LogP contribution in [0.1, 0.15) is 59.9 Å². The maximum Gasteiger partial charge on any atom is 0.277 e. The van der Waals surface area contributed by atoms with E-state index < -0.39 is 0 Å². The molecule has 0 bridgehead atoms. The van der Waals surface area contributed by atoms with Crippen molar-refractivity contribution >= 4 is 17.5 Å². The number of hydrogen-bond donors (Lipinski definition) is 1. The average Bonchev–Trinajstić information content (AvgIpc) is 3.55. The number of methoxy groups -OCH3 is 1. The third kappa shape index (κ3) is 3.72. The predicted molar refractivity (Wildman–Crippen MR) is 135 cm³/mol. The molecule has 1 aliphatic heterocycles. The Labute approximate surface area is 210 Å². The number of aromatic nitrogens is 2. The number of nitriles is 1. The first kappa shape index (κ1) is 23.6. The van der Waals surface area contributed by atoms with Gasteiger partial charge in [0, 0.05) is 29.1 Å². The number of anilines is 1. The molecular formula is C28H29N5O3. The Balaban J connectivity index is 1.49. The van der Waals surface area contributed by atoms with Gasteiger partial charge >= 0.3 is 0 Å². The summed E-state index contributed by atoms with van der Waals surface area (Å²) in [5, 5.41) is 14.1. The van der Waals surface area contributed by atoms with Crippen molar-refractivity contribution in [1.82, 2.24) is 9.78 Å². The third-order valence-corrected chi connectivity index (χ3v) is 7.94. The summed E-state index contributed by atoms with van der Waals surface area (Å²) in [6, 6.07) is 17.3. The van der Waals surface area contributed by atoms with E-state index in [2.05, 4.69) is 11.2 Å². The first-order valence-corrected chi connectivity index (χ1v) is 12.3. The third-order valence-electron chi connectivity index (χ3n) is 7.94. The predicted octanol–water partition coefficient (Wildman–Crippen LogP) is 3.89. The number of nitrogens with two attached hydrogens (primary N) is 1. The molecule has 2 N–H and O–H groups in total. The van der Waals surface area contributed by atoms with Crippen LogP contribution >= 0.6 is 0 Å². The smallest absolute Gasteiger partial charge is 0.277 e. The highest BCUT2D eigenvalue weighted by Gasteiger charge is 2.43. The van der Waals surface area contributed by atoms with Crippen LogP contribution in [0.4, 0.5) is 5.69 Å². The fourth-order valence-electron chi connectivity index (χ4n) is 5.83. The minimum Gasteiger partial charge on any atom is -0.497 e. The summed E-state index contributed by atoms with van der Waals surface area (Å²) >= 11 is 0. The lowest BCUT2D eigenvalue weighted by molar-refractivity contribution is -0.123. The van der Waals surface area contributed by atoms with Gasteiger partial charge in [-0.1, -0.05) is 31.9 Å². The van der Waals surface area contributed by atoms with E-state index in [9.17, 15) is 14.9 Å². The molecular weight excluding hydrogens is 454 g/mol. The molecule has 2 aliphatic rings. The van der Waals surface area contributed by atoms with Gasteiger partial charge in [-0.3, -0.25) is 9.59 Å². The van der Waals surface area contributed by atoms with Crippen LogP contribution < -0.4 is 15.4 Å². The van der Waals surface area contributed by atoms with Crippen molar-refractivity contribution in [2.24, 2.45) is 11.7 Å². The van der Waals surface area contributed by atoms with Gasteiger partial charge in [0.05, 0.1) is 12.8 Å². The highest BCUT2D eigenvalue weighted by molar-refractivity contribution is 6.07. The number of amides is 2. The van der Waals surface area contributed by atoms with Crippen LogP contribution in [0.25, 0.3) is 5.69 Å². The lowest BCUT2D eigenvalue weighted by Gasteiger charge is -2.35. The van der Waals surface area contributed by atoms with E-state index in [4.69, 9.17) is 10.5 Å². The molecule has 1 unspecified atom stereocenters. The minimum atomic E-state index is -0.278. The Morgan fingerprint density at radius 2 is 1.75 bits per heavy atom. The maximum absolute atomic E-state index is 13.7. The van der Waals surface area contributed by atoms with E-state index in [1.807, 2.05) is 43.3 Å². The number of rotatable bonds is 6. The number of ether oxygens (including phenoxy) is 1. The van der Waals surface area contributed by atoms with Gasteiger partial charge in [0.2, 0.25) is 5.91 Å². The van der Waals surface area contributed by atoms with Crippen molar-refractivity contribution in [2.75, 3.05) is 18.6 Å². The van der Waals surface area contributed by atoms with E-state index in [1.165, 1.54) is 0 Å². The monoisotopic (exact) mass is 483 g/mol. The Morgan fingerprint density at radius 3 is 2.33 bits per heavy atom. The Kier molecular flexibility index (Phi) is 6.00. The van der Waals surface area contributed by atoms with Crippen LogP contribution in [0.15, 0.2) is 48.5 Å². The second-order valence-corrected chi connectivity index (χ2v) is 9.64. The second-order valence-electron chi connectivity index (χ2n) is 9.64. The van der Waals surface area contributed by atoms with E-state index in [0.717, 1.165) is 36.9 Å². The van der Waals surface area contributed by atoms with Gasteiger partial charge in [0.1, 0.15) is 17.5 Å². The molecule has 5 rings (SSSR count). The lowest BCUT2D eigenvalue weighted by atomic mass is 9.69. The SMILES string of the molecule is COc1ccc(-n2nc(C#N)c3c2C(=O)N(c2ccc(C4(C(C)C(N)=O)CCCC4)cc2)CC3)cc1. The van der Waals surface area contributed by atoms with E-state index in [0.29, 0.717) is 35.7 Å². The molecule has 1 saturated carbocycles. The fraction of sp³-hybridized carbons (Fsp3) is 0.357. The topological polar surface area (TPSA) is 114 Å². The Morgan fingerprint density at radius 1 is 1.11 bits per heavy atom. The van der Waals surface area contributed by atoms with Crippen molar-refractivity contribution in [3.8, 4) is 17.5 Å². The first-order chi connectivity index (χ1) is 17.4. The molecule has 2 heterocycles. The Hall–Kier alpha value is -4.12. The molecule has 8 nitrogen and oxygen atoms in total. The summed E-state index contributed by atoms with van der Waals surface area (Å²) in [6.07, 6.45) is 4.54. The van der Waals surface area contributed by atoms with Gasteiger partial charge in [-0.05, 0) is 61.2 Å². The quantitative estimate of drug-likeness (QED) is 0.571. The van der Waals surface area contributed by atoms with Crippen LogP contribution in [-0.2, 0) is 16.6 Å². The molecule has 3 aromatic rings. The van der Waals surface area contributed by atoms with Gasteiger partial charge in [-0.25, -0.2) is 4.68 Å². The van der Waals surface area contributed by atoms with Gasteiger partial charge in [0.15, 0.2) is 5.69 Å². The number of carbonyl (C=O) groups excluding carboxylic acids is 2. The zero-order chi connectivity index (χ0) is 25.4. The van der Waals surface area contributed by atoms with Gasteiger partial charge in [0.25, 0.3) is 5.91 Å². The number of carbonyl (C=O) groups is 2. The lowest BCUT2D eigenvalue weighted by Crippen LogP contribution is -2.40. The fourth-order valence-corrected chi connectivity index (χ4v) is 5.83. The molecule has 1 fully saturated rings. The highest BCUT2D eigenvalue weighted by atomic mass is 16.5. The van der Waals surface area contributed by atoms with E-state index in [-0.39, 0.29) is 28.8 Å².